The number of halogens is 1. The van der Waals surface area contributed by atoms with Crippen molar-refractivity contribution in [3.63, 3.8) is 0 Å². The predicted octanol–water partition coefficient (Wildman–Crippen LogP) is 3.73. The van der Waals surface area contributed by atoms with Gasteiger partial charge in [-0.05, 0) is 45.2 Å². The molecule has 0 aliphatic carbocycles. The molecule has 1 fully saturated rings. The number of rotatable bonds is 4. The van der Waals surface area contributed by atoms with E-state index in [4.69, 9.17) is 4.74 Å². The molecule has 2 rings (SSSR count). The van der Waals surface area contributed by atoms with E-state index < -0.39 is 0 Å². The van der Waals surface area contributed by atoms with Crippen molar-refractivity contribution in [2.45, 2.75) is 45.4 Å². The zero-order valence-electron chi connectivity index (χ0n) is 11.9. The summed E-state index contributed by atoms with van der Waals surface area (Å²) >= 11 is 0. The summed E-state index contributed by atoms with van der Waals surface area (Å²) < 4.78 is 19.7. The minimum atomic E-state index is -0.334. The Bertz CT molecular complexity index is 468. The summed E-state index contributed by atoms with van der Waals surface area (Å²) in [4.78, 5) is 0. The lowest BCUT2D eigenvalue weighted by atomic mass is 10.0. The topological polar surface area (TPSA) is 21.3 Å². The highest BCUT2D eigenvalue weighted by atomic mass is 19.1. The van der Waals surface area contributed by atoms with E-state index in [1.54, 1.807) is 6.07 Å². The molecule has 3 heteroatoms. The molecule has 1 heterocycles. The second-order valence-electron chi connectivity index (χ2n) is 5.68. The van der Waals surface area contributed by atoms with Crippen molar-refractivity contribution in [3.8, 4) is 0 Å². The fourth-order valence-electron chi connectivity index (χ4n) is 2.25. The van der Waals surface area contributed by atoms with Gasteiger partial charge in [0.2, 0.25) is 0 Å². The highest BCUT2D eigenvalue weighted by Crippen LogP contribution is 2.28. The van der Waals surface area contributed by atoms with Gasteiger partial charge in [-0.2, -0.15) is 0 Å². The van der Waals surface area contributed by atoms with Crippen molar-refractivity contribution >= 4 is 0 Å². The highest BCUT2D eigenvalue weighted by Gasteiger charge is 2.32. The fraction of sp³-hybridized carbons (Fsp3) is 0.500. The molecule has 0 amide bonds. The first-order valence-corrected chi connectivity index (χ1v) is 6.80. The lowest BCUT2D eigenvalue weighted by Crippen LogP contribution is -2.36. The summed E-state index contributed by atoms with van der Waals surface area (Å²) in [6.45, 7) is 6.70. The van der Waals surface area contributed by atoms with Gasteiger partial charge in [-0.1, -0.05) is 24.3 Å². The first kappa shape index (κ1) is 14.2. The molecule has 0 aromatic heterocycles. The average molecular weight is 263 g/mol. The largest absolute Gasteiger partial charge is 0.357 e. The van der Waals surface area contributed by atoms with Crippen molar-refractivity contribution in [1.82, 2.24) is 5.32 Å². The van der Waals surface area contributed by atoms with Gasteiger partial charge in [0.1, 0.15) is 12.0 Å². The smallest absolute Gasteiger partial charge is 0.137 e. The Morgan fingerprint density at radius 3 is 2.84 bits per heavy atom. The van der Waals surface area contributed by atoms with Crippen LogP contribution >= 0.6 is 0 Å². The Morgan fingerprint density at radius 1 is 1.47 bits per heavy atom. The minimum Gasteiger partial charge on any atom is -0.357 e. The molecular weight excluding hydrogens is 241 g/mol. The summed E-state index contributed by atoms with van der Waals surface area (Å²) in [5.41, 5.74) is 1.53. The molecule has 104 valence electrons. The molecular formula is C16H22FNO. The average Bonchev–Trinajstić information content (AvgIpc) is 2.70. The lowest BCUT2D eigenvalue weighted by molar-refractivity contribution is 0.0960. The van der Waals surface area contributed by atoms with Crippen molar-refractivity contribution in [2.75, 3.05) is 6.61 Å². The molecule has 0 spiro atoms. The second kappa shape index (κ2) is 5.85. The van der Waals surface area contributed by atoms with E-state index in [9.17, 15) is 4.39 Å². The number of nitrogens with one attached hydrogen (secondary N) is 1. The second-order valence-corrected chi connectivity index (χ2v) is 5.68. The molecule has 1 aliphatic rings. The van der Waals surface area contributed by atoms with E-state index in [0.717, 1.165) is 18.4 Å². The van der Waals surface area contributed by atoms with Crippen LogP contribution < -0.4 is 5.32 Å². The van der Waals surface area contributed by atoms with Gasteiger partial charge >= 0.3 is 0 Å². The normalized spacial score (nSPS) is 22.2. The summed E-state index contributed by atoms with van der Waals surface area (Å²) in [5, 5.41) is 3.29. The summed E-state index contributed by atoms with van der Waals surface area (Å²) in [6, 6.07) is 5.44. The Labute approximate surface area is 114 Å². The minimum absolute atomic E-state index is 0.0955. The third-order valence-electron chi connectivity index (χ3n) is 3.32. The van der Waals surface area contributed by atoms with Crippen LogP contribution in [0.5, 0.6) is 0 Å². The molecule has 1 atom stereocenters. The molecule has 1 unspecified atom stereocenters. The Kier molecular flexibility index (Phi) is 4.38. The molecule has 1 saturated heterocycles. The maximum Gasteiger partial charge on any atom is 0.137 e. The van der Waals surface area contributed by atoms with Crippen LogP contribution in [0.3, 0.4) is 0 Å². The quantitative estimate of drug-likeness (QED) is 0.836. The van der Waals surface area contributed by atoms with Gasteiger partial charge in [0, 0.05) is 11.1 Å². The maximum atomic E-state index is 14.1. The molecule has 1 aromatic rings. The summed E-state index contributed by atoms with van der Waals surface area (Å²) in [7, 11) is 0. The Hall–Kier alpha value is -1.19. The SMILES string of the molecule is CC=CCCc1ccc(C2NC(C)(C)CO2)c(F)c1. The van der Waals surface area contributed by atoms with E-state index in [0.29, 0.717) is 12.2 Å². The highest BCUT2D eigenvalue weighted by molar-refractivity contribution is 5.27. The van der Waals surface area contributed by atoms with Gasteiger partial charge in [0.25, 0.3) is 0 Å². The van der Waals surface area contributed by atoms with Crippen molar-refractivity contribution < 1.29 is 9.13 Å². The molecule has 1 N–H and O–H groups in total. The first-order valence-electron chi connectivity index (χ1n) is 6.80. The molecule has 2 nitrogen and oxygen atoms in total. The zero-order valence-corrected chi connectivity index (χ0v) is 11.9. The lowest BCUT2D eigenvalue weighted by Gasteiger charge is -2.17. The van der Waals surface area contributed by atoms with Crippen LogP contribution in [0.25, 0.3) is 0 Å². The maximum absolute atomic E-state index is 14.1. The van der Waals surface area contributed by atoms with Gasteiger partial charge in [0.15, 0.2) is 0 Å². The van der Waals surface area contributed by atoms with E-state index in [1.165, 1.54) is 0 Å². The molecule has 1 aliphatic heterocycles. The van der Waals surface area contributed by atoms with Crippen LogP contribution in [0.1, 0.15) is 44.5 Å². The third kappa shape index (κ3) is 3.64. The van der Waals surface area contributed by atoms with Gasteiger partial charge in [-0.15, -0.1) is 0 Å². The number of allylic oxidation sites excluding steroid dienone is 2. The van der Waals surface area contributed by atoms with Crippen LogP contribution in [0, 0.1) is 5.82 Å². The summed E-state index contributed by atoms with van der Waals surface area (Å²) in [6.07, 6.45) is 5.59. The molecule has 0 bridgehead atoms. The van der Waals surface area contributed by atoms with Crippen LogP contribution in [0.15, 0.2) is 30.4 Å². The van der Waals surface area contributed by atoms with Crippen molar-refractivity contribution in [3.05, 3.63) is 47.3 Å². The van der Waals surface area contributed by atoms with E-state index >= 15 is 0 Å². The van der Waals surface area contributed by atoms with E-state index in [-0.39, 0.29) is 17.6 Å². The van der Waals surface area contributed by atoms with Gasteiger partial charge in [0.05, 0.1) is 6.61 Å². The first-order chi connectivity index (χ1) is 9.02. The summed E-state index contributed by atoms with van der Waals surface area (Å²) in [5.74, 6) is -0.187. The number of hydrogen-bond acceptors (Lipinski definition) is 2. The zero-order chi connectivity index (χ0) is 13.9. The predicted molar refractivity (Wildman–Crippen MR) is 75.4 cm³/mol. The monoisotopic (exact) mass is 263 g/mol. The third-order valence-corrected chi connectivity index (χ3v) is 3.32. The fourth-order valence-corrected chi connectivity index (χ4v) is 2.25. The van der Waals surface area contributed by atoms with Crippen LogP contribution in [0.2, 0.25) is 0 Å². The van der Waals surface area contributed by atoms with Crippen LogP contribution in [-0.4, -0.2) is 12.1 Å². The van der Waals surface area contributed by atoms with Gasteiger partial charge in [-0.3, -0.25) is 5.32 Å². The Balaban J connectivity index is 2.07. The molecule has 0 saturated carbocycles. The van der Waals surface area contributed by atoms with E-state index in [2.05, 4.69) is 25.2 Å². The van der Waals surface area contributed by atoms with Gasteiger partial charge in [-0.25, -0.2) is 4.39 Å². The van der Waals surface area contributed by atoms with Crippen molar-refractivity contribution in [1.29, 1.82) is 0 Å². The van der Waals surface area contributed by atoms with Crippen LogP contribution in [0.4, 0.5) is 4.39 Å². The molecule has 19 heavy (non-hydrogen) atoms. The van der Waals surface area contributed by atoms with Gasteiger partial charge < -0.3 is 4.74 Å². The number of hydrogen-bond donors (Lipinski definition) is 1. The number of ether oxygens (including phenoxy) is 1. The van der Waals surface area contributed by atoms with Crippen LogP contribution in [-0.2, 0) is 11.2 Å². The molecule has 1 aromatic carbocycles. The number of aryl methyl sites for hydroxylation is 1. The van der Waals surface area contributed by atoms with Crippen molar-refractivity contribution in [2.24, 2.45) is 0 Å². The Morgan fingerprint density at radius 2 is 2.26 bits per heavy atom. The standard InChI is InChI=1S/C16H22FNO/c1-4-5-6-7-12-8-9-13(14(17)10-12)15-18-16(2,3)11-19-15/h4-5,8-10,15,18H,6-7,11H2,1-3H3. The number of benzene rings is 1. The molecule has 0 radical (unpaired) electrons. The van der Waals surface area contributed by atoms with E-state index in [1.807, 2.05) is 25.1 Å².